The van der Waals surface area contributed by atoms with Gasteiger partial charge in [0.05, 0.1) is 36.8 Å². The number of carboxylic acids is 2. The number of aryl methyl sites for hydroxylation is 1. The zero-order valence-electron chi connectivity index (χ0n) is 25.6. The summed E-state index contributed by atoms with van der Waals surface area (Å²) in [6, 6.07) is 15.0. The molecule has 13 heteroatoms. The number of carbonyl (C=O) groups excluding carboxylic acids is 3. The molecule has 1 heterocycles. The van der Waals surface area contributed by atoms with E-state index in [-0.39, 0.29) is 49.7 Å². The fourth-order valence-electron chi connectivity index (χ4n) is 4.43. The largest absolute Gasteiger partial charge is 0.495 e. The topological polar surface area (TPSA) is 178 Å². The van der Waals surface area contributed by atoms with E-state index in [1.54, 1.807) is 37.4 Å². The van der Waals surface area contributed by atoms with Gasteiger partial charge in [0.1, 0.15) is 11.7 Å². The quantitative estimate of drug-likeness (QED) is 0.206. The molecule has 1 unspecified atom stereocenters. The first-order chi connectivity index (χ1) is 21.4. The second-order valence-corrected chi connectivity index (χ2v) is 10.4. The number of urea groups is 1. The van der Waals surface area contributed by atoms with Gasteiger partial charge in [0.25, 0.3) is 0 Å². The first-order valence-electron chi connectivity index (χ1n) is 14.1. The number of amides is 4. The number of nitrogens with one attached hydrogen (secondary N) is 2. The first-order valence-corrected chi connectivity index (χ1v) is 14.1. The molecule has 0 bridgehead atoms. The summed E-state index contributed by atoms with van der Waals surface area (Å²) in [6.45, 7) is 1.73. The Balaban J connectivity index is 1.62. The van der Waals surface area contributed by atoms with E-state index in [0.29, 0.717) is 28.4 Å². The highest BCUT2D eigenvalue weighted by Gasteiger charge is 2.25. The van der Waals surface area contributed by atoms with E-state index in [1.165, 1.54) is 36.2 Å². The van der Waals surface area contributed by atoms with Crippen molar-refractivity contribution in [2.24, 2.45) is 0 Å². The number of rotatable bonds is 14. The van der Waals surface area contributed by atoms with E-state index >= 15 is 0 Å². The maximum atomic E-state index is 13.1. The molecule has 2 aromatic carbocycles. The van der Waals surface area contributed by atoms with Crippen LogP contribution in [-0.4, -0.2) is 77.6 Å². The van der Waals surface area contributed by atoms with Crippen LogP contribution in [0.25, 0.3) is 0 Å². The summed E-state index contributed by atoms with van der Waals surface area (Å²) in [6.07, 6.45) is 1.39. The number of hydrogen-bond acceptors (Lipinski definition) is 7. The zero-order valence-corrected chi connectivity index (χ0v) is 25.6. The van der Waals surface area contributed by atoms with Crippen LogP contribution in [0.1, 0.15) is 42.0 Å². The van der Waals surface area contributed by atoms with Crippen LogP contribution in [0, 0.1) is 6.92 Å². The SMILES string of the molecule is COc1cc(CC(=O)N(C)c2ccc(C(CN(C)C(=O)CCCC(=O)O)C(=O)O)nc2)ccc1NC(=O)Nc1ccccc1C. The smallest absolute Gasteiger partial charge is 0.323 e. The van der Waals surface area contributed by atoms with E-state index in [9.17, 15) is 29.1 Å². The zero-order chi connectivity index (χ0) is 33.1. The van der Waals surface area contributed by atoms with Crippen molar-refractivity contribution in [2.45, 2.75) is 38.5 Å². The Bertz CT molecular complexity index is 1540. The highest BCUT2D eigenvalue weighted by atomic mass is 16.5. The number of anilines is 3. The number of aliphatic carboxylic acids is 2. The number of likely N-dealkylation sites (N-methyl/N-ethyl adjacent to an activating group) is 2. The molecular weight excluding hydrogens is 582 g/mol. The van der Waals surface area contributed by atoms with Crippen molar-refractivity contribution in [2.75, 3.05) is 43.3 Å². The third kappa shape index (κ3) is 9.78. The molecular formula is C32H37N5O8. The lowest BCUT2D eigenvalue weighted by Crippen LogP contribution is -2.34. The Hall–Kier alpha value is -5.46. The Kier molecular flexibility index (Phi) is 12.0. The predicted molar refractivity (Wildman–Crippen MR) is 168 cm³/mol. The van der Waals surface area contributed by atoms with Crippen LogP contribution in [0.2, 0.25) is 0 Å². The monoisotopic (exact) mass is 619 g/mol. The molecule has 238 valence electrons. The number of ether oxygens (including phenoxy) is 1. The number of carbonyl (C=O) groups is 5. The maximum absolute atomic E-state index is 13.1. The molecule has 0 radical (unpaired) electrons. The molecule has 0 spiro atoms. The van der Waals surface area contributed by atoms with Crippen LogP contribution in [0.4, 0.5) is 21.9 Å². The minimum atomic E-state index is -1.18. The summed E-state index contributed by atoms with van der Waals surface area (Å²) in [5.41, 5.74) is 3.29. The summed E-state index contributed by atoms with van der Waals surface area (Å²) in [5, 5.41) is 24.1. The number of para-hydroxylation sites is 1. The standard InChI is InChI=1S/C32H37N5O8/c1-20-8-5-6-9-24(20)34-32(44)35-26-14-12-21(16-27(26)45-4)17-29(39)37(3)22-13-15-25(33-18-22)23(31(42)43)19-36(2)28(38)10-7-11-30(40)41/h5-6,8-9,12-16,18,23H,7,10-11,17,19H2,1-4H3,(H,40,41)(H,42,43)(H2,34,35,44). The fourth-order valence-corrected chi connectivity index (χ4v) is 4.43. The third-order valence-corrected chi connectivity index (χ3v) is 7.11. The number of carboxylic acid groups (broad SMARTS) is 2. The number of pyridine rings is 1. The van der Waals surface area contributed by atoms with Crippen LogP contribution < -0.4 is 20.3 Å². The van der Waals surface area contributed by atoms with Gasteiger partial charge in [-0.3, -0.25) is 24.2 Å². The number of methoxy groups -OCH3 is 1. The van der Waals surface area contributed by atoms with Crippen molar-refractivity contribution >= 4 is 46.8 Å². The van der Waals surface area contributed by atoms with E-state index in [4.69, 9.17) is 9.84 Å². The number of nitrogens with zero attached hydrogens (tertiary/aromatic N) is 3. The lowest BCUT2D eigenvalue weighted by molar-refractivity contribution is -0.140. The van der Waals surface area contributed by atoms with E-state index in [1.807, 2.05) is 25.1 Å². The Labute approximate surface area is 260 Å². The van der Waals surface area contributed by atoms with Crippen molar-refractivity contribution in [3.63, 3.8) is 0 Å². The van der Waals surface area contributed by atoms with Crippen LogP contribution in [-0.2, 0) is 25.6 Å². The van der Waals surface area contributed by atoms with Crippen LogP contribution in [0.3, 0.4) is 0 Å². The van der Waals surface area contributed by atoms with Crippen LogP contribution in [0.15, 0.2) is 60.8 Å². The van der Waals surface area contributed by atoms with Crippen molar-refractivity contribution in [3.05, 3.63) is 77.6 Å². The van der Waals surface area contributed by atoms with Crippen molar-refractivity contribution in [1.82, 2.24) is 9.88 Å². The number of hydrogen-bond donors (Lipinski definition) is 4. The minimum Gasteiger partial charge on any atom is -0.495 e. The van der Waals surface area contributed by atoms with Gasteiger partial charge in [-0.2, -0.15) is 0 Å². The van der Waals surface area contributed by atoms with Crippen LogP contribution >= 0.6 is 0 Å². The van der Waals surface area contributed by atoms with Gasteiger partial charge in [-0.1, -0.05) is 24.3 Å². The summed E-state index contributed by atoms with van der Waals surface area (Å²) in [5.74, 6) is -3.57. The number of aromatic nitrogens is 1. The van der Waals surface area contributed by atoms with Gasteiger partial charge >= 0.3 is 18.0 Å². The van der Waals surface area contributed by atoms with Gasteiger partial charge in [-0.15, -0.1) is 0 Å². The molecule has 0 aliphatic rings. The molecule has 1 aromatic heterocycles. The predicted octanol–water partition coefficient (Wildman–Crippen LogP) is 4.13. The summed E-state index contributed by atoms with van der Waals surface area (Å²) < 4.78 is 5.44. The van der Waals surface area contributed by atoms with Crippen molar-refractivity contribution < 1.29 is 38.9 Å². The van der Waals surface area contributed by atoms with Gasteiger partial charge < -0.3 is 35.4 Å². The molecule has 0 aliphatic carbocycles. The molecule has 0 fully saturated rings. The average Bonchev–Trinajstić information content (AvgIpc) is 3.00. The Morgan fingerprint density at radius 2 is 1.62 bits per heavy atom. The minimum absolute atomic E-state index is 0.0107. The normalized spacial score (nSPS) is 11.2. The fraction of sp³-hybridized carbons (Fsp3) is 0.312. The number of benzene rings is 2. The molecule has 1 atom stereocenters. The van der Waals surface area contributed by atoms with Gasteiger partial charge in [-0.05, 0) is 54.8 Å². The Morgan fingerprint density at radius 3 is 2.24 bits per heavy atom. The Morgan fingerprint density at radius 1 is 0.911 bits per heavy atom. The summed E-state index contributed by atoms with van der Waals surface area (Å²) in [7, 11) is 4.49. The second kappa shape index (κ2) is 15.8. The summed E-state index contributed by atoms with van der Waals surface area (Å²) in [4.78, 5) is 67.5. The molecule has 45 heavy (non-hydrogen) atoms. The second-order valence-electron chi connectivity index (χ2n) is 10.4. The molecule has 13 nitrogen and oxygen atoms in total. The lowest BCUT2D eigenvalue weighted by Gasteiger charge is -2.22. The first kappa shape index (κ1) is 34.0. The van der Waals surface area contributed by atoms with Gasteiger partial charge in [-0.25, -0.2) is 4.79 Å². The van der Waals surface area contributed by atoms with Crippen molar-refractivity contribution in [1.29, 1.82) is 0 Å². The lowest BCUT2D eigenvalue weighted by atomic mass is 10.0. The average molecular weight is 620 g/mol. The highest BCUT2D eigenvalue weighted by Crippen LogP contribution is 2.27. The molecule has 3 aromatic rings. The maximum Gasteiger partial charge on any atom is 0.323 e. The summed E-state index contributed by atoms with van der Waals surface area (Å²) >= 11 is 0. The molecule has 0 aliphatic heterocycles. The molecule has 0 saturated carbocycles. The molecule has 0 saturated heterocycles. The van der Waals surface area contributed by atoms with Crippen LogP contribution in [0.5, 0.6) is 5.75 Å². The van der Waals surface area contributed by atoms with Gasteiger partial charge in [0, 0.05) is 39.2 Å². The molecule has 3 rings (SSSR count). The third-order valence-electron chi connectivity index (χ3n) is 7.11. The van der Waals surface area contributed by atoms with E-state index in [2.05, 4.69) is 15.6 Å². The van der Waals surface area contributed by atoms with E-state index < -0.39 is 23.9 Å². The highest BCUT2D eigenvalue weighted by molar-refractivity contribution is 6.01. The van der Waals surface area contributed by atoms with Gasteiger partial charge in [0.2, 0.25) is 11.8 Å². The van der Waals surface area contributed by atoms with Gasteiger partial charge in [0.15, 0.2) is 0 Å². The molecule has 4 N–H and O–H groups in total. The van der Waals surface area contributed by atoms with Crippen molar-refractivity contribution in [3.8, 4) is 5.75 Å². The van der Waals surface area contributed by atoms with E-state index in [0.717, 1.165) is 5.56 Å². The molecule has 4 amide bonds.